The van der Waals surface area contributed by atoms with E-state index in [4.69, 9.17) is 16.3 Å². The minimum Gasteiger partial charge on any atom is -0.478 e. The van der Waals surface area contributed by atoms with Crippen molar-refractivity contribution in [3.8, 4) is 11.4 Å². The zero-order valence-electron chi connectivity index (χ0n) is 13.8. The quantitative estimate of drug-likeness (QED) is 0.756. The van der Waals surface area contributed by atoms with Gasteiger partial charge in [0.25, 0.3) is 5.91 Å². The topological polar surface area (TPSA) is 69.0 Å². The maximum Gasteiger partial charge on any atom is 0.267 e. The molecule has 0 atom stereocenters. The standard InChI is InChI=1S/C18H17ClN4O2/c1-18(2,25-16-9-3-13(19)4-10-16)17(24)22-14-5-7-15(8-6-14)23-12-20-11-21-23/h3-12H,1-2H3,(H,22,24). The highest BCUT2D eigenvalue weighted by atomic mass is 35.5. The van der Waals surface area contributed by atoms with Gasteiger partial charge in [0.05, 0.1) is 5.69 Å². The molecule has 0 spiro atoms. The van der Waals surface area contributed by atoms with E-state index in [1.807, 2.05) is 12.1 Å². The fourth-order valence-corrected chi connectivity index (χ4v) is 2.29. The highest BCUT2D eigenvalue weighted by molar-refractivity contribution is 6.30. The molecule has 1 amide bonds. The Morgan fingerprint density at radius 3 is 2.40 bits per heavy atom. The predicted molar refractivity (Wildman–Crippen MR) is 96.1 cm³/mol. The Balaban J connectivity index is 1.67. The summed E-state index contributed by atoms with van der Waals surface area (Å²) < 4.78 is 7.42. The van der Waals surface area contributed by atoms with Gasteiger partial charge in [-0.15, -0.1) is 0 Å². The second-order valence-corrected chi connectivity index (χ2v) is 6.34. The number of ether oxygens (including phenoxy) is 1. The molecule has 0 radical (unpaired) electrons. The van der Waals surface area contributed by atoms with Crippen molar-refractivity contribution in [2.45, 2.75) is 19.4 Å². The summed E-state index contributed by atoms with van der Waals surface area (Å²) in [5, 5.41) is 7.52. The summed E-state index contributed by atoms with van der Waals surface area (Å²) >= 11 is 5.86. The van der Waals surface area contributed by atoms with E-state index in [1.54, 1.807) is 61.3 Å². The molecule has 1 heterocycles. The van der Waals surface area contributed by atoms with Crippen molar-refractivity contribution in [1.82, 2.24) is 14.8 Å². The molecule has 25 heavy (non-hydrogen) atoms. The van der Waals surface area contributed by atoms with Gasteiger partial charge in [0, 0.05) is 10.7 Å². The molecule has 1 aromatic heterocycles. The van der Waals surface area contributed by atoms with E-state index < -0.39 is 5.60 Å². The summed E-state index contributed by atoms with van der Waals surface area (Å²) in [7, 11) is 0. The molecular formula is C18H17ClN4O2. The molecule has 2 aromatic carbocycles. The number of carbonyl (C=O) groups excluding carboxylic acids is 1. The molecule has 0 fully saturated rings. The van der Waals surface area contributed by atoms with Crippen LogP contribution in [0.1, 0.15) is 13.8 Å². The zero-order chi connectivity index (χ0) is 17.9. The van der Waals surface area contributed by atoms with Crippen LogP contribution < -0.4 is 10.1 Å². The lowest BCUT2D eigenvalue weighted by Crippen LogP contribution is -2.42. The van der Waals surface area contributed by atoms with Crippen molar-refractivity contribution in [3.05, 3.63) is 66.2 Å². The van der Waals surface area contributed by atoms with E-state index in [-0.39, 0.29) is 5.91 Å². The number of amides is 1. The van der Waals surface area contributed by atoms with Crippen LogP contribution in [0.25, 0.3) is 5.69 Å². The van der Waals surface area contributed by atoms with Gasteiger partial charge in [-0.2, -0.15) is 5.10 Å². The smallest absolute Gasteiger partial charge is 0.267 e. The van der Waals surface area contributed by atoms with Crippen LogP contribution in [-0.4, -0.2) is 26.3 Å². The fourth-order valence-electron chi connectivity index (χ4n) is 2.16. The molecule has 6 nitrogen and oxygen atoms in total. The normalized spacial score (nSPS) is 11.2. The van der Waals surface area contributed by atoms with E-state index in [0.29, 0.717) is 16.5 Å². The minimum absolute atomic E-state index is 0.254. The number of rotatable bonds is 5. The van der Waals surface area contributed by atoms with Gasteiger partial charge in [-0.25, -0.2) is 9.67 Å². The van der Waals surface area contributed by atoms with Crippen molar-refractivity contribution in [3.63, 3.8) is 0 Å². The maximum atomic E-state index is 12.5. The number of anilines is 1. The van der Waals surface area contributed by atoms with Gasteiger partial charge in [0.2, 0.25) is 0 Å². The van der Waals surface area contributed by atoms with Crippen molar-refractivity contribution in [1.29, 1.82) is 0 Å². The number of hydrogen-bond donors (Lipinski definition) is 1. The van der Waals surface area contributed by atoms with Gasteiger partial charge < -0.3 is 10.1 Å². The average molecular weight is 357 g/mol. The number of aromatic nitrogens is 3. The molecule has 7 heteroatoms. The van der Waals surface area contributed by atoms with Crippen LogP contribution in [0, 0.1) is 0 Å². The lowest BCUT2D eigenvalue weighted by molar-refractivity contribution is -0.128. The lowest BCUT2D eigenvalue weighted by atomic mass is 10.1. The summed E-state index contributed by atoms with van der Waals surface area (Å²) in [6, 6.07) is 14.2. The molecule has 128 valence electrons. The summed E-state index contributed by atoms with van der Waals surface area (Å²) in [5.74, 6) is 0.321. The number of halogens is 1. The number of nitrogens with zero attached hydrogens (tertiary/aromatic N) is 3. The molecule has 0 aliphatic heterocycles. The third-order valence-electron chi connectivity index (χ3n) is 3.54. The molecule has 0 saturated carbocycles. The highest BCUT2D eigenvalue weighted by Crippen LogP contribution is 2.22. The van der Waals surface area contributed by atoms with Crippen LogP contribution in [-0.2, 0) is 4.79 Å². The Morgan fingerprint density at radius 2 is 1.80 bits per heavy atom. The summed E-state index contributed by atoms with van der Waals surface area (Å²) in [5.41, 5.74) is 0.479. The summed E-state index contributed by atoms with van der Waals surface area (Å²) in [6.07, 6.45) is 3.07. The Hall–Kier alpha value is -2.86. The second kappa shape index (κ2) is 6.94. The number of hydrogen-bond acceptors (Lipinski definition) is 4. The zero-order valence-corrected chi connectivity index (χ0v) is 14.6. The van der Waals surface area contributed by atoms with E-state index >= 15 is 0 Å². The Kier molecular flexibility index (Phi) is 4.72. The summed E-state index contributed by atoms with van der Waals surface area (Å²) in [4.78, 5) is 16.4. The Morgan fingerprint density at radius 1 is 1.12 bits per heavy atom. The number of carbonyl (C=O) groups is 1. The van der Waals surface area contributed by atoms with Crippen LogP contribution in [0.4, 0.5) is 5.69 Å². The van der Waals surface area contributed by atoms with Crippen molar-refractivity contribution < 1.29 is 9.53 Å². The van der Waals surface area contributed by atoms with Gasteiger partial charge in [-0.1, -0.05) is 11.6 Å². The molecule has 0 saturated heterocycles. The first-order chi connectivity index (χ1) is 11.9. The minimum atomic E-state index is -1.04. The molecule has 1 N–H and O–H groups in total. The van der Waals surface area contributed by atoms with E-state index in [0.717, 1.165) is 5.69 Å². The van der Waals surface area contributed by atoms with Crippen LogP contribution >= 0.6 is 11.6 Å². The Labute approximate surface area is 150 Å². The SMILES string of the molecule is CC(C)(Oc1ccc(Cl)cc1)C(=O)Nc1ccc(-n2cncn2)cc1. The highest BCUT2D eigenvalue weighted by Gasteiger charge is 2.30. The largest absolute Gasteiger partial charge is 0.478 e. The number of benzene rings is 2. The van der Waals surface area contributed by atoms with Crippen LogP contribution in [0.5, 0.6) is 5.75 Å². The third-order valence-corrected chi connectivity index (χ3v) is 3.79. The molecular weight excluding hydrogens is 340 g/mol. The average Bonchev–Trinajstić information content (AvgIpc) is 3.12. The van der Waals surface area contributed by atoms with Gasteiger partial charge in [-0.05, 0) is 62.4 Å². The second-order valence-electron chi connectivity index (χ2n) is 5.91. The first-order valence-electron chi connectivity index (χ1n) is 7.65. The lowest BCUT2D eigenvalue weighted by Gasteiger charge is -2.25. The first kappa shape index (κ1) is 17.0. The molecule has 3 rings (SSSR count). The molecule has 0 bridgehead atoms. The van der Waals surface area contributed by atoms with Crippen LogP contribution in [0.3, 0.4) is 0 Å². The van der Waals surface area contributed by atoms with E-state index in [9.17, 15) is 4.79 Å². The van der Waals surface area contributed by atoms with Gasteiger partial charge >= 0.3 is 0 Å². The van der Waals surface area contributed by atoms with Crippen LogP contribution in [0.2, 0.25) is 5.02 Å². The Bertz CT molecular complexity index is 844. The molecule has 0 aliphatic rings. The van der Waals surface area contributed by atoms with E-state index in [2.05, 4.69) is 15.4 Å². The van der Waals surface area contributed by atoms with Crippen molar-refractivity contribution >= 4 is 23.2 Å². The maximum absolute atomic E-state index is 12.5. The van der Waals surface area contributed by atoms with Gasteiger partial charge in [0.1, 0.15) is 18.4 Å². The number of nitrogens with one attached hydrogen (secondary N) is 1. The first-order valence-corrected chi connectivity index (χ1v) is 8.03. The molecule has 0 unspecified atom stereocenters. The predicted octanol–water partition coefficient (Wildman–Crippen LogP) is 3.72. The van der Waals surface area contributed by atoms with Crippen molar-refractivity contribution in [2.24, 2.45) is 0 Å². The van der Waals surface area contributed by atoms with Crippen LogP contribution in [0.15, 0.2) is 61.2 Å². The molecule has 3 aromatic rings. The van der Waals surface area contributed by atoms with Gasteiger partial charge in [-0.3, -0.25) is 4.79 Å². The monoisotopic (exact) mass is 356 g/mol. The van der Waals surface area contributed by atoms with E-state index in [1.165, 1.54) is 6.33 Å². The third kappa shape index (κ3) is 4.16. The molecule has 0 aliphatic carbocycles. The summed E-state index contributed by atoms with van der Waals surface area (Å²) in [6.45, 7) is 3.42. The fraction of sp³-hybridized carbons (Fsp3) is 0.167. The van der Waals surface area contributed by atoms with Crippen molar-refractivity contribution in [2.75, 3.05) is 5.32 Å². The van der Waals surface area contributed by atoms with Gasteiger partial charge in [0.15, 0.2) is 5.60 Å².